The lowest BCUT2D eigenvalue weighted by atomic mass is 10.1. The van der Waals surface area contributed by atoms with E-state index in [1.165, 1.54) is 12.1 Å². The first-order chi connectivity index (χ1) is 11.5. The normalized spacial score (nSPS) is 11.1. The Balaban J connectivity index is 2.31. The minimum absolute atomic E-state index is 0.181. The summed E-state index contributed by atoms with van der Waals surface area (Å²) in [4.78, 5) is 15.9. The summed E-state index contributed by atoms with van der Waals surface area (Å²) in [7, 11) is 0. The van der Waals surface area contributed by atoms with Crippen molar-refractivity contribution in [2.75, 3.05) is 0 Å². The molecule has 24 heavy (non-hydrogen) atoms. The number of aryl methyl sites for hydroxylation is 2. The van der Waals surface area contributed by atoms with Crippen LogP contribution in [0.25, 0.3) is 16.9 Å². The Morgan fingerprint density at radius 2 is 1.92 bits per heavy atom. The molecule has 1 aromatic carbocycles. The van der Waals surface area contributed by atoms with Gasteiger partial charge in [-0.1, -0.05) is 13.8 Å². The largest absolute Gasteiger partial charge is 0.481 e. The topological polar surface area (TPSA) is 67.5 Å². The zero-order chi connectivity index (χ0) is 17.3. The van der Waals surface area contributed by atoms with Crippen molar-refractivity contribution in [1.29, 1.82) is 0 Å². The summed E-state index contributed by atoms with van der Waals surface area (Å²) in [5, 5.41) is 13.9. The van der Waals surface area contributed by atoms with Crippen LogP contribution in [-0.4, -0.2) is 25.7 Å². The van der Waals surface area contributed by atoms with Gasteiger partial charge in [0.15, 0.2) is 5.65 Å². The number of carbonyl (C=O) groups is 1. The van der Waals surface area contributed by atoms with Crippen LogP contribution in [0.15, 0.2) is 30.3 Å². The summed E-state index contributed by atoms with van der Waals surface area (Å²) >= 11 is 0. The quantitative estimate of drug-likeness (QED) is 0.781. The fourth-order valence-corrected chi connectivity index (χ4v) is 2.76. The highest BCUT2D eigenvalue weighted by atomic mass is 19.1. The standard InChI is InChI=1S/C18H18FN3O2/c1-3-13-9-14(4-2)22-18(20-13)15(10-16(23)24)17(21-22)11-5-7-12(19)8-6-11/h5-9H,3-4,10H2,1-2H3,(H,23,24). The Bertz CT molecular complexity index is 901. The Morgan fingerprint density at radius 3 is 2.50 bits per heavy atom. The predicted molar refractivity (Wildman–Crippen MR) is 88.5 cm³/mol. The SMILES string of the molecule is CCc1cc(CC)n2nc(-c3ccc(F)cc3)c(CC(=O)O)c2n1. The summed E-state index contributed by atoms with van der Waals surface area (Å²) in [5.74, 6) is -1.29. The molecule has 0 bridgehead atoms. The number of fused-ring (bicyclic) bond motifs is 1. The summed E-state index contributed by atoms with van der Waals surface area (Å²) in [6.07, 6.45) is 1.33. The number of carboxylic acid groups (broad SMARTS) is 1. The molecule has 3 aromatic rings. The molecule has 0 atom stereocenters. The molecule has 2 aromatic heterocycles. The lowest BCUT2D eigenvalue weighted by molar-refractivity contribution is -0.136. The van der Waals surface area contributed by atoms with Gasteiger partial charge in [0.25, 0.3) is 0 Å². The van der Waals surface area contributed by atoms with E-state index in [1.54, 1.807) is 16.6 Å². The molecule has 0 fully saturated rings. The second-order valence-electron chi connectivity index (χ2n) is 5.59. The number of benzene rings is 1. The average molecular weight is 327 g/mol. The van der Waals surface area contributed by atoms with Crippen molar-refractivity contribution in [1.82, 2.24) is 14.6 Å². The van der Waals surface area contributed by atoms with Crippen LogP contribution in [0.2, 0.25) is 0 Å². The summed E-state index contributed by atoms with van der Waals surface area (Å²) in [5.41, 5.74) is 4.20. The molecule has 3 rings (SSSR count). The van der Waals surface area contributed by atoms with Crippen LogP contribution in [-0.2, 0) is 24.1 Å². The zero-order valence-corrected chi connectivity index (χ0v) is 13.6. The number of halogens is 1. The Hall–Kier alpha value is -2.76. The zero-order valence-electron chi connectivity index (χ0n) is 13.6. The van der Waals surface area contributed by atoms with Crippen molar-refractivity contribution < 1.29 is 14.3 Å². The van der Waals surface area contributed by atoms with Crippen LogP contribution in [0.5, 0.6) is 0 Å². The number of hydrogen-bond donors (Lipinski definition) is 1. The number of aliphatic carboxylic acids is 1. The molecule has 124 valence electrons. The van der Waals surface area contributed by atoms with Crippen molar-refractivity contribution in [3.05, 3.63) is 53.1 Å². The third-order valence-electron chi connectivity index (χ3n) is 3.98. The summed E-state index contributed by atoms with van der Waals surface area (Å²) in [6.45, 7) is 4.02. The molecule has 0 aliphatic heterocycles. The van der Waals surface area contributed by atoms with Crippen LogP contribution in [0.4, 0.5) is 4.39 Å². The second kappa shape index (κ2) is 6.39. The Kier molecular flexibility index (Phi) is 4.29. The van der Waals surface area contributed by atoms with E-state index in [2.05, 4.69) is 10.1 Å². The van der Waals surface area contributed by atoms with Gasteiger partial charge < -0.3 is 5.11 Å². The van der Waals surface area contributed by atoms with Gasteiger partial charge >= 0.3 is 5.97 Å². The first-order valence-electron chi connectivity index (χ1n) is 7.91. The summed E-state index contributed by atoms with van der Waals surface area (Å²) in [6, 6.07) is 7.88. The maximum atomic E-state index is 13.2. The molecule has 6 heteroatoms. The third kappa shape index (κ3) is 2.87. The van der Waals surface area contributed by atoms with Crippen LogP contribution >= 0.6 is 0 Å². The van der Waals surface area contributed by atoms with Crippen molar-refractivity contribution in [3.63, 3.8) is 0 Å². The fraction of sp³-hybridized carbons (Fsp3) is 0.278. The maximum absolute atomic E-state index is 13.2. The molecule has 0 spiro atoms. The number of aromatic nitrogens is 3. The molecule has 0 saturated carbocycles. The van der Waals surface area contributed by atoms with Gasteiger partial charge in [0, 0.05) is 22.5 Å². The highest BCUT2D eigenvalue weighted by Crippen LogP contribution is 2.27. The van der Waals surface area contributed by atoms with E-state index in [0.29, 0.717) is 22.5 Å². The van der Waals surface area contributed by atoms with Gasteiger partial charge in [-0.05, 0) is 43.2 Å². The first kappa shape index (κ1) is 16.1. The molecule has 0 aliphatic rings. The van der Waals surface area contributed by atoms with Crippen molar-refractivity contribution >= 4 is 11.6 Å². The number of nitrogens with zero attached hydrogens (tertiary/aromatic N) is 3. The molecule has 1 N–H and O–H groups in total. The molecule has 0 aliphatic carbocycles. The predicted octanol–water partition coefficient (Wildman–Crippen LogP) is 3.29. The van der Waals surface area contributed by atoms with Crippen LogP contribution in [0.1, 0.15) is 30.8 Å². The van der Waals surface area contributed by atoms with Crippen molar-refractivity contribution in [2.24, 2.45) is 0 Å². The average Bonchev–Trinajstić information content (AvgIpc) is 2.92. The van der Waals surface area contributed by atoms with Gasteiger partial charge in [0.05, 0.1) is 12.1 Å². The van der Waals surface area contributed by atoms with Crippen LogP contribution in [0.3, 0.4) is 0 Å². The van der Waals surface area contributed by atoms with Crippen molar-refractivity contribution in [2.45, 2.75) is 33.1 Å². The van der Waals surface area contributed by atoms with Crippen molar-refractivity contribution in [3.8, 4) is 11.3 Å². The number of rotatable bonds is 5. The fourth-order valence-electron chi connectivity index (χ4n) is 2.76. The molecular weight excluding hydrogens is 309 g/mol. The number of hydrogen-bond acceptors (Lipinski definition) is 3. The maximum Gasteiger partial charge on any atom is 0.308 e. The minimum atomic E-state index is -0.949. The van der Waals surface area contributed by atoms with Gasteiger partial charge in [-0.15, -0.1) is 0 Å². The third-order valence-corrected chi connectivity index (χ3v) is 3.98. The molecular formula is C18H18FN3O2. The molecule has 0 unspecified atom stereocenters. The van der Waals surface area contributed by atoms with Gasteiger partial charge in [0.1, 0.15) is 5.82 Å². The van der Waals surface area contributed by atoms with Gasteiger partial charge in [-0.2, -0.15) is 5.10 Å². The number of carboxylic acids is 1. The molecule has 0 saturated heterocycles. The lowest BCUT2D eigenvalue weighted by Gasteiger charge is -2.05. The van der Waals surface area contributed by atoms with E-state index in [1.807, 2.05) is 19.9 Å². The van der Waals surface area contributed by atoms with E-state index in [0.717, 1.165) is 24.2 Å². The highest BCUT2D eigenvalue weighted by Gasteiger charge is 2.20. The Morgan fingerprint density at radius 1 is 1.21 bits per heavy atom. The molecule has 0 radical (unpaired) electrons. The van der Waals surface area contributed by atoms with Gasteiger partial charge in [-0.3, -0.25) is 4.79 Å². The molecule has 0 amide bonds. The Labute approximate surface area is 138 Å². The van der Waals surface area contributed by atoms with Gasteiger partial charge in [0.2, 0.25) is 0 Å². The highest BCUT2D eigenvalue weighted by molar-refractivity contribution is 5.80. The van der Waals surface area contributed by atoms with E-state index in [9.17, 15) is 14.3 Å². The lowest BCUT2D eigenvalue weighted by Crippen LogP contribution is -2.05. The van der Waals surface area contributed by atoms with Crippen LogP contribution < -0.4 is 0 Å². The minimum Gasteiger partial charge on any atom is -0.481 e. The first-order valence-corrected chi connectivity index (χ1v) is 7.91. The second-order valence-corrected chi connectivity index (χ2v) is 5.59. The van der Waals surface area contributed by atoms with E-state index < -0.39 is 5.97 Å². The smallest absolute Gasteiger partial charge is 0.308 e. The van der Waals surface area contributed by atoms with E-state index >= 15 is 0 Å². The van der Waals surface area contributed by atoms with Gasteiger partial charge in [-0.25, -0.2) is 13.9 Å². The van der Waals surface area contributed by atoms with Crippen LogP contribution in [0, 0.1) is 5.82 Å². The van der Waals surface area contributed by atoms with E-state index in [-0.39, 0.29) is 12.2 Å². The van der Waals surface area contributed by atoms with E-state index in [4.69, 9.17) is 0 Å². The monoisotopic (exact) mass is 327 g/mol. The summed E-state index contributed by atoms with van der Waals surface area (Å²) < 4.78 is 14.9. The molecule has 2 heterocycles. The molecule has 5 nitrogen and oxygen atoms in total.